The summed E-state index contributed by atoms with van der Waals surface area (Å²) >= 11 is 0. The van der Waals surface area contributed by atoms with Gasteiger partial charge >= 0.3 is 0 Å². The number of halogens is 3. The Morgan fingerprint density at radius 1 is 0.886 bits per heavy atom. The fraction of sp³-hybridized carbons (Fsp3) is 0.222. The lowest BCUT2D eigenvalue weighted by Crippen LogP contribution is -2.54. The molecule has 2 heterocycles. The summed E-state index contributed by atoms with van der Waals surface area (Å²) < 4.78 is 26.6. The molecule has 0 radical (unpaired) electrons. The molecule has 1 aromatic heterocycles. The quantitative estimate of drug-likeness (QED) is 0.387. The zero-order valence-corrected chi connectivity index (χ0v) is 20.0. The molecule has 1 fully saturated rings. The van der Waals surface area contributed by atoms with Crippen molar-refractivity contribution in [1.82, 2.24) is 15.1 Å². The number of carbonyl (C=O) groups excluding carboxylic acids is 1. The van der Waals surface area contributed by atoms with Gasteiger partial charge in [-0.05, 0) is 48.9 Å². The lowest BCUT2D eigenvalue weighted by Gasteiger charge is -2.40. The van der Waals surface area contributed by atoms with Crippen LogP contribution in [0.4, 0.5) is 14.6 Å². The molecule has 1 saturated heterocycles. The van der Waals surface area contributed by atoms with Gasteiger partial charge in [0.25, 0.3) is 0 Å². The van der Waals surface area contributed by atoms with Crippen LogP contribution in [-0.2, 0) is 11.2 Å². The first-order valence-electron chi connectivity index (χ1n) is 11.3. The number of benzene rings is 3. The first kappa shape index (κ1) is 24.5. The first-order chi connectivity index (χ1) is 16.5. The maximum absolute atomic E-state index is 13.4. The molecule has 1 aliphatic rings. The second kappa shape index (κ2) is 10.4. The van der Waals surface area contributed by atoms with E-state index in [1.165, 1.54) is 24.3 Å². The van der Waals surface area contributed by atoms with Crippen LogP contribution in [0.5, 0.6) is 0 Å². The van der Waals surface area contributed by atoms with Gasteiger partial charge in [0, 0.05) is 42.0 Å². The molecule has 3 aromatic carbocycles. The number of amides is 1. The second-order valence-electron chi connectivity index (χ2n) is 8.61. The SMILES string of the molecule is C[C@H]1CN(C(=O)Cc2ccc(F)cc2)CCN1c1nnc(-c2ccc(F)cc2)c2ccccc12.Cl. The number of hydrogen-bond acceptors (Lipinski definition) is 4. The van der Waals surface area contributed by atoms with E-state index in [9.17, 15) is 13.6 Å². The van der Waals surface area contributed by atoms with Crippen LogP contribution in [0.2, 0.25) is 0 Å². The molecule has 0 aliphatic carbocycles. The molecule has 5 rings (SSSR count). The maximum Gasteiger partial charge on any atom is 0.227 e. The topological polar surface area (TPSA) is 49.3 Å². The summed E-state index contributed by atoms with van der Waals surface area (Å²) in [6.07, 6.45) is 0.252. The Morgan fingerprint density at radius 2 is 1.51 bits per heavy atom. The van der Waals surface area contributed by atoms with Crippen molar-refractivity contribution in [2.75, 3.05) is 24.5 Å². The number of hydrogen-bond donors (Lipinski definition) is 0. The van der Waals surface area contributed by atoms with Crippen LogP contribution in [0, 0.1) is 11.6 Å². The van der Waals surface area contributed by atoms with E-state index < -0.39 is 0 Å². The Morgan fingerprint density at radius 3 is 2.17 bits per heavy atom. The molecule has 0 bridgehead atoms. The van der Waals surface area contributed by atoms with E-state index in [0.717, 1.165) is 27.7 Å². The third-order valence-corrected chi connectivity index (χ3v) is 6.31. The first-order valence-corrected chi connectivity index (χ1v) is 11.3. The van der Waals surface area contributed by atoms with Gasteiger partial charge in [0.1, 0.15) is 17.3 Å². The van der Waals surface area contributed by atoms with Gasteiger partial charge in [-0.25, -0.2) is 8.78 Å². The lowest BCUT2D eigenvalue weighted by atomic mass is 10.0. The average molecular weight is 495 g/mol. The molecule has 1 aliphatic heterocycles. The third-order valence-electron chi connectivity index (χ3n) is 6.31. The van der Waals surface area contributed by atoms with Gasteiger partial charge in [-0.2, -0.15) is 0 Å². The van der Waals surface area contributed by atoms with Crippen molar-refractivity contribution in [3.63, 3.8) is 0 Å². The molecule has 1 atom stereocenters. The van der Waals surface area contributed by atoms with Gasteiger partial charge in [0.15, 0.2) is 5.82 Å². The van der Waals surface area contributed by atoms with Crippen LogP contribution in [0.15, 0.2) is 72.8 Å². The van der Waals surface area contributed by atoms with Crippen molar-refractivity contribution in [1.29, 1.82) is 0 Å². The summed E-state index contributed by atoms with van der Waals surface area (Å²) in [6.45, 7) is 3.84. The van der Waals surface area contributed by atoms with Crippen LogP contribution in [0.1, 0.15) is 12.5 Å². The van der Waals surface area contributed by atoms with Crippen LogP contribution in [-0.4, -0.2) is 46.7 Å². The number of carbonyl (C=O) groups is 1. The zero-order valence-electron chi connectivity index (χ0n) is 19.2. The number of nitrogens with zero attached hydrogens (tertiary/aromatic N) is 4. The van der Waals surface area contributed by atoms with Gasteiger partial charge in [-0.3, -0.25) is 4.79 Å². The van der Waals surface area contributed by atoms with E-state index in [1.807, 2.05) is 29.2 Å². The number of rotatable bonds is 4. The molecule has 180 valence electrons. The largest absolute Gasteiger partial charge is 0.348 e. The van der Waals surface area contributed by atoms with Crippen molar-refractivity contribution in [2.24, 2.45) is 0 Å². The molecule has 0 N–H and O–H groups in total. The molecular weight excluding hydrogens is 470 g/mol. The number of aromatic nitrogens is 2. The van der Waals surface area contributed by atoms with Gasteiger partial charge in [-0.1, -0.05) is 36.4 Å². The van der Waals surface area contributed by atoms with Crippen molar-refractivity contribution in [2.45, 2.75) is 19.4 Å². The summed E-state index contributed by atoms with van der Waals surface area (Å²) in [7, 11) is 0. The van der Waals surface area contributed by atoms with E-state index in [1.54, 1.807) is 24.3 Å². The Labute approximate surface area is 208 Å². The molecule has 35 heavy (non-hydrogen) atoms. The molecule has 0 saturated carbocycles. The highest BCUT2D eigenvalue weighted by Crippen LogP contribution is 2.33. The summed E-state index contributed by atoms with van der Waals surface area (Å²) in [5.74, 6) is 0.204. The molecule has 5 nitrogen and oxygen atoms in total. The molecule has 4 aromatic rings. The average Bonchev–Trinajstić information content (AvgIpc) is 2.85. The normalized spacial score (nSPS) is 15.7. The van der Waals surface area contributed by atoms with Gasteiger partial charge in [0.2, 0.25) is 5.91 Å². The van der Waals surface area contributed by atoms with E-state index in [4.69, 9.17) is 0 Å². The van der Waals surface area contributed by atoms with Gasteiger partial charge < -0.3 is 9.80 Å². The molecule has 0 unspecified atom stereocenters. The van der Waals surface area contributed by atoms with Crippen LogP contribution in [0.25, 0.3) is 22.0 Å². The lowest BCUT2D eigenvalue weighted by molar-refractivity contribution is -0.131. The zero-order chi connectivity index (χ0) is 23.7. The highest BCUT2D eigenvalue weighted by Gasteiger charge is 2.29. The number of fused-ring (bicyclic) bond motifs is 1. The summed E-state index contributed by atoms with van der Waals surface area (Å²) in [4.78, 5) is 16.9. The second-order valence-corrected chi connectivity index (χ2v) is 8.61. The van der Waals surface area contributed by atoms with Crippen molar-refractivity contribution in [3.05, 3.63) is 90.0 Å². The third kappa shape index (κ3) is 5.10. The molecule has 8 heteroatoms. The van der Waals surface area contributed by atoms with Gasteiger partial charge in [-0.15, -0.1) is 22.6 Å². The fourth-order valence-corrected chi connectivity index (χ4v) is 4.51. The monoisotopic (exact) mass is 494 g/mol. The van der Waals surface area contributed by atoms with Crippen LogP contribution in [0.3, 0.4) is 0 Å². The molecule has 0 spiro atoms. The maximum atomic E-state index is 13.4. The van der Waals surface area contributed by atoms with Crippen LogP contribution >= 0.6 is 12.4 Å². The van der Waals surface area contributed by atoms with E-state index >= 15 is 0 Å². The van der Waals surface area contributed by atoms with Crippen molar-refractivity contribution < 1.29 is 13.6 Å². The van der Waals surface area contributed by atoms with E-state index in [-0.39, 0.29) is 42.4 Å². The van der Waals surface area contributed by atoms with E-state index in [0.29, 0.717) is 25.3 Å². The smallest absolute Gasteiger partial charge is 0.227 e. The summed E-state index contributed by atoms with van der Waals surface area (Å²) in [5, 5.41) is 11.0. The highest BCUT2D eigenvalue weighted by molar-refractivity contribution is 6.00. The van der Waals surface area contributed by atoms with E-state index in [2.05, 4.69) is 22.0 Å². The molecular formula is C27H25ClF2N4O. The minimum absolute atomic E-state index is 0. The number of anilines is 1. The standard InChI is InChI=1S/C27H24F2N4O.ClH/c1-18-17-32(25(34)16-19-6-10-21(28)11-7-19)14-15-33(18)27-24-5-3-2-4-23(24)26(30-31-27)20-8-12-22(29)13-9-20;/h2-13,18H,14-17H2,1H3;1H/t18-;/m0./s1. The fourth-order valence-electron chi connectivity index (χ4n) is 4.51. The minimum atomic E-state index is -0.308. The Kier molecular flexibility index (Phi) is 7.26. The predicted octanol–water partition coefficient (Wildman–Crippen LogP) is 5.28. The highest BCUT2D eigenvalue weighted by atomic mass is 35.5. The predicted molar refractivity (Wildman–Crippen MR) is 136 cm³/mol. The van der Waals surface area contributed by atoms with Gasteiger partial charge in [0.05, 0.1) is 6.42 Å². The number of piperazine rings is 1. The minimum Gasteiger partial charge on any atom is -0.348 e. The van der Waals surface area contributed by atoms with Crippen LogP contribution < -0.4 is 4.90 Å². The molecule has 1 amide bonds. The van der Waals surface area contributed by atoms with Crippen molar-refractivity contribution >= 4 is 34.9 Å². The summed E-state index contributed by atoms with van der Waals surface area (Å²) in [5.41, 5.74) is 2.32. The Balaban J connectivity index is 0.00000289. The van der Waals surface area contributed by atoms with Crippen molar-refractivity contribution in [3.8, 4) is 11.3 Å². The Hall–Kier alpha value is -3.58. The Bertz CT molecular complexity index is 1330. The summed E-state index contributed by atoms with van der Waals surface area (Å²) in [6, 6.07) is 20.3.